The maximum Gasteiger partial charge on any atom is 0.254 e. The lowest BCUT2D eigenvalue weighted by Crippen LogP contribution is -2.40. The summed E-state index contributed by atoms with van der Waals surface area (Å²) in [6.07, 6.45) is 5.64. The highest BCUT2D eigenvalue weighted by Gasteiger charge is 2.28. The largest absolute Gasteiger partial charge is 0.489 e. The molecule has 1 fully saturated rings. The van der Waals surface area contributed by atoms with Gasteiger partial charge in [-0.1, -0.05) is 12.1 Å². The van der Waals surface area contributed by atoms with E-state index in [1.54, 1.807) is 12.4 Å². The van der Waals surface area contributed by atoms with Gasteiger partial charge in [-0.2, -0.15) is 0 Å². The van der Waals surface area contributed by atoms with E-state index in [1.807, 2.05) is 48.3 Å². The van der Waals surface area contributed by atoms with Crippen LogP contribution in [-0.4, -0.2) is 42.0 Å². The quantitative estimate of drug-likeness (QED) is 0.886. The standard InChI is InChI=1S/C19H23N3O2/c1-20-13-17-7-4-10-22(17)19(23)16-6-2-8-18(11-16)24-14-15-5-3-9-21-12-15/h2-3,5-6,8-9,11-12,17,20H,4,7,10,13-14H2,1H3/t17-/m0/s1. The Morgan fingerprint density at radius 2 is 2.29 bits per heavy atom. The first kappa shape index (κ1) is 16.5. The molecule has 0 saturated carbocycles. The molecule has 2 aromatic rings. The van der Waals surface area contributed by atoms with Crippen molar-refractivity contribution < 1.29 is 9.53 Å². The first-order valence-corrected chi connectivity index (χ1v) is 8.35. The molecule has 0 spiro atoms. The van der Waals surface area contributed by atoms with Crippen molar-refractivity contribution in [2.24, 2.45) is 0 Å². The summed E-state index contributed by atoms with van der Waals surface area (Å²) in [5.41, 5.74) is 1.68. The van der Waals surface area contributed by atoms with Crippen LogP contribution in [0.15, 0.2) is 48.8 Å². The van der Waals surface area contributed by atoms with Gasteiger partial charge in [0.25, 0.3) is 5.91 Å². The third-order valence-corrected chi connectivity index (χ3v) is 4.29. The Labute approximate surface area is 142 Å². The molecule has 5 nitrogen and oxygen atoms in total. The lowest BCUT2D eigenvalue weighted by Gasteiger charge is -2.24. The number of ether oxygens (including phenoxy) is 1. The molecule has 1 aromatic carbocycles. The smallest absolute Gasteiger partial charge is 0.254 e. The number of pyridine rings is 1. The topological polar surface area (TPSA) is 54.5 Å². The summed E-state index contributed by atoms with van der Waals surface area (Å²) in [5, 5.41) is 3.17. The first-order valence-electron chi connectivity index (χ1n) is 8.35. The normalized spacial score (nSPS) is 17.0. The number of carbonyl (C=O) groups excluding carboxylic acids is 1. The van der Waals surface area contributed by atoms with Crippen molar-refractivity contribution in [1.29, 1.82) is 0 Å². The van der Waals surface area contributed by atoms with E-state index in [4.69, 9.17) is 4.74 Å². The molecule has 1 aliphatic rings. The molecule has 126 valence electrons. The van der Waals surface area contributed by atoms with Gasteiger partial charge in [0.1, 0.15) is 12.4 Å². The second kappa shape index (κ2) is 7.93. The summed E-state index contributed by atoms with van der Waals surface area (Å²) < 4.78 is 5.80. The summed E-state index contributed by atoms with van der Waals surface area (Å²) in [4.78, 5) is 18.8. The number of hydrogen-bond donors (Lipinski definition) is 1. The van der Waals surface area contributed by atoms with Crippen LogP contribution in [0.3, 0.4) is 0 Å². The van der Waals surface area contributed by atoms with E-state index in [2.05, 4.69) is 10.3 Å². The van der Waals surface area contributed by atoms with Gasteiger partial charge >= 0.3 is 0 Å². The van der Waals surface area contributed by atoms with E-state index in [-0.39, 0.29) is 11.9 Å². The van der Waals surface area contributed by atoms with Gasteiger partial charge in [0, 0.05) is 42.7 Å². The van der Waals surface area contributed by atoms with Gasteiger partial charge in [-0.25, -0.2) is 0 Å². The van der Waals surface area contributed by atoms with Gasteiger partial charge in [0.15, 0.2) is 0 Å². The van der Waals surface area contributed by atoms with Gasteiger partial charge in [-0.15, -0.1) is 0 Å². The van der Waals surface area contributed by atoms with E-state index in [0.717, 1.165) is 31.5 Å². The molecule has 1 atom stereocenters. The van der Waals surface area contributed by atoms with E-state index in [9.17, 15) is 4.79 Å². The van der Waals surface area contributed by atoms with Crippen molar-refractivity contribution in [1.82, 2.24) is 15.2 Å². The second-order valence-electron chi connectivity index (χ2n) is 6.03. The van der Waals surface area contributed by atoms with E-state index >= 15 is 0 Å². The summed E-state index contributed by atoms with van der Waals surface area (Å²) in [5.74, 6) is 0.786. The summed E-state index contributed by atoms with van der Waals surface area (Å²) in [6.45, 7) is 2.10. The molecule has 0 bridgehead atoms. The van der Waals surface area contributed by atoms with Crippen molar-refractivity contribution >= 4 is 5.91 Å². The Kier molecular flexibility index (Phi) is 5.43. The number of benzene rings is 1. The molecule has 3 rings (SSSR count). The minimum Gasteiger partial charge on any atom is -0.489 e. The average Bonchev–Trinajstić information content (AvgIpc) is 3.09. The van der Waals surface area contributed by atoms with Gasteiger partial charge in [-0.05, 0) is 44.2 Å². The van der Waals surface area contributed by atoms with Crippen LogP contribution in [0, 0.1) is 0 Å². The lowest BCUT2D eigenvalue weighted by molar-refractivity contribution is 0.0736. The van der Waals surface area contributed by atoms with Crippen LogP contribution in [0.1, 0.15) is 28.8 Å². The van der Waals surface area contributed by atoms with Gasteiger partial charge in [0.05, 0.1) is 0 Å². The molecule has 1 aromatic heterocycles. The lowest BCUT2D eigenvalue weighted by atomic mass is 10.1. The van der Waals surface area contributed by atoms with Crippen molar-refractivity contribution in [3.05, 3.63) is 59.9 Å². The van der Waals surface area contributed by atoms with Crippen molar-refractivity contribution in [2.45, 2.75) is 25.5 Å². The maximum absolute atomic E-state index is 12.8. The summed E-state index contributed by atoms with van der Waals surface area (Å²) in [7, 11) is 1.92. The summed E-state index contributed by atoms with van der Waals surface area (Å²) >= 11 is 0. The molecule has 1 amide bonds. The number of hydrogen-bond acceptors (Lipinski definition) is 4. The van der Waals surface area contributed by atoms with Crippen molar-refractivity contribution in [2.75, 3.05) is 20.1 Å². The van der Waals surface area contributed by atoms with Crippen LogP contribution in [-0.2, 0) is 6.61 Å². The zero-order chi connectivity index (χ0) is 16.8. The number of carbonyl (C=O) groups is 1. The van der Waals surface area contributed by atoms with Crippen molar-refractivity contribution in [3.63, 3.8) is 0 Å². The van der Waals surface area contributed by atoms with Crippen LogP contribution in [0.25, 0.3) is 0 Å². The molecule has 24 heavy (non-hydrogen) atoms. The number of nitrogens with zero attached hydrogens (tertiary/aromatic N) is 2. The van der Waals surface area contributed by atoms with Crippen LogP contribution in [0.2, 0.25) is 0 Å². The fraction of sp³-hybridized carbons (Fsp3) is 0.368. The maximum atomic E-state index is 12.8. The van der Waals surface area contributed by atoms with Gasteiger partial charge in [-0.3, -0.25) is 9.78 Å². The zero-order valence-electron chi connectivity index (χ0n) is 13.9. The molecule has 0 radical (unpaired) electrons. The molecule has 1 N–H and O–H groups in total. The minimum atomic E-state index is 0.0829. The van der Waals surface area contributed by atoms with Crippen LogP contribution in [0.5, 0.6) is 5.75 Å². The number of aromatic nitrogens is 1. The third-order valence-electron chi connectivity index (χ3n) is 4.29. The first-order chi connectivity index (χ1) is 11.8. The average molecular weight is 325 g/mol. The molecule has 2 heterocycles. The van der Waals surface area contributed by atoms with E-state index in [1.165, 1.54) is 0 Å². The molecule has 0 unspecified atom stereocenters. The Bertz CT molecular complexity index is 675. The molecule has 0 aliphatic carbocycles. The molecular weight excluding hydrogens is 302 g/mol. The zero-order valence-corrected chi connectivity index (χ0v) is 13.9. The highest BCUT2D eigenvalue weighted by atomic mass is 16.5. The number of rotatable bonds is 6. The summed E-state index contributed by atoms with van der Waals surface area (Å²) in [6, 6.07) is 11.6. The van der Waals surface area contributed by atoms with Crippen molar-refractivity contribution in [3.8, 4) is 5.75 Å². The van der Waals surface area contributed by atoms with Gasteiger partial charge in [0.2, 0.25) is 0 Å². The second-order valence-corrected chi connectivity index (χ2v) is 6.03. The number of likely N-dealkylation sites (N-methyl/N-ethyl adjacent to an activating group) is 1. The monoisotopic (exact) mass is 325 g/mol. The van der Waals surface area contributed by atoms with E-state index < -0.39 is 0 Å². The van der Waals surface area contributed by atoms with Crippen LogP contribution >= 0.6 is 0 Å². The molecule has 1 saturated heterocycles. The SMILES string of the molecule is CNC[C@@H]1CCCN1C(=O)c1cccc(OCc2cccnc2)c1. The molecule has 5 heteroatoms. The fourth-order valence-electron chi connectivity index (χ4n) is 3.09. The highest BCUT2D eigenvalue weighted by molar-refractivity contribution is 5.95. The predicted molar refractivity (Wildman–Crippen MR) is 93.0 cm³/mol. The Morgan fingerprint density at radius 3 is 3.08 bits per heavy atom. The molecular formula is C19H23N3O2. The number of amides is 1. The molecule has 1 aliphatic heterocycles. The fourth-order valence-corrected chi connectivity index (χ4v) is 3.09. The Balaban J connectivity index is 1.67. The number of nitrogens with one attached hydrogen (secondary N) is 1. The Morgan fingerprint density at radius 1 is 1.38 bits per heavy atom. The minimum absolute atomic E-state index is 0.0829. The van der Waals surface area contributed by atoms with Gasteiger partial charge < -0.3 is 15.0 Å². The highest BCUT2D eigenvalue weighted by Crippen LogP contribution is 2.22. The predicted octanol–water partition coefficient (Wildman–Crippen LogP) is 2.48. The number of likely N-dealkylation sites (tertiary alicyclic amines) is 1. The van der Waals surface area contributed by atoms with Crippen LogP contribution in [0.4, 0.5) is 0 Å². The third kappa shape index (κ3) is 3.92. The van der Waals surface area contributed by atoms with E-state index in [0.29, 0.717) is 17.9 Å². The van der Waals surface area contributed by atoms with Crippen LogP contribution < -0.4 is 10.1 Å². The Hall–Kier alpha value is -2.40.